The highest BCUT2D eigenvalue weighted by molar-refractivity contribution is 7.13. The van der Waals surface area contributed by atoms with Crippen LogP contribution >= 0.6 is 22.7 Å². The number of aromatic nitrogens is 2. The van der Waals surface area contributed by atoms with Gasteiger partial charge in [0.25, 0.3) is 0 Å². The molecule has 0 aliphatic heterocycles. The third-order valence-electron chi connectivity index (χ3n) is 3.41. The van der Waals surface area contributed by atoms with Gasteiger partial charge in [-0.25, -0.2) is 9.97 Å². The van der Waals surface area contributed by atoms with Gasteiger partial charge in [-0.15, -0.1) is 22.7 Å². The zero-order valence-corrected chi connectivity index (χ0v) is 11.2. The van der Waals surface area contributed by atoms with Crippen LogP contribution in [0.1, 0.15) is 37.8 Å². The second-order valence-electron chi connectivity index (χ2n) is 4.63. The molecule has 0 amide bonds. The van der Waals surface area contributed by atoms with Crippen molar-refractivity contribution in [2.75, 3.05) is 0 Å². The Kier molecular flexibility index (Phi) is 2.98. The maximum Gasteiger partial charge on any atom is 0.143 e. The first kappa shape index (κ1) is 11.3. The van der Waals surface area contributed by atoms with Gasteiger partial charge in [0, 0.05) is 10.8 Å². The minimum atomic E-state index is -0.191. The summed E-state index contributed by atoms with van der Waals surface area (Å²) in [7, 11) is 0. The van der Waals surface area contributed by atoms with Gasteiger partial charge in [-0.05, 0) is 12.8 Å². The smallest absolute Gasteiger partial charge is 0.143 e. The van der Waals surface area contributed by atoms with Crippen molar-refractivity contribution in [2.45, 2.75) is 37.6 Å². The zero-order chi connectivity index (χ0) is 11.7. The SMILES string of the molecule is NC1(c2csc(-c3cscn3)n2)CCCCC1. The van der Waals surface area contributed by atoms with Crippen molar-refractivity contribution in [1.82, 2.24) is 9.97 Å². The first-order chi connectivity index (χ1) is 8.28. The number of thiazole rings is 2. The van der Waals surface area contributed by atoms with Crippen LogP contribution in [-0.4, -0.2) is 9.97 Å². The van der Waals surface area contributed by atoms with Crippen molar-refractivity contribution in [3.8, 4) is 10.7 Å². The van der Waals surface area contributed by atoms with Crippen molar-refractivity contribution < 1.29 is 0 Å². The van der Waals surface area contributed by atoms with E-state index in [1.807, 2.05) is 10.9 Å². The highest BCUT2D eigenvalue weighted by atomic mass is 32.1. The van der Waals surface area contributed by atoms with Crippen molar-refractivity contribution in [1.29, 1.82) is 0 Å². The molecule has 1 fully saturated rings. The molecule has 0 unspecified atom stereocenters. The molecule has 0 atom stereocenters. The lowest BCUT2D eigenvalue weighted by atomic mass is 9.81. The fourth-order valence-corrected chi connectivity index (χ4v) is 3.88. The second kappa shape index (κ2) is 4.48. The molecule has 1 saturated carbocycles. The lowest BCUT2D eigenvalue weighted by Gasteiger charge is -2.31. The standard InChI is InChI=1S/C12H15N3S2/c13-12(4-2-1-3-5-12)10-7-17-11(15-10)9-6-16-8-14-9/h6-8H,1-5,13H2. The highest BCUT2D eigenvalue weighted by Gasteiger charge is 2.31. The average molecular weight is 265 g/mol. The third-order valence-corrected chi connectivity index (χ3v) is 4.86. The van der Waals surface area contributed by atoms with E-state index in [2.05, 4.69) is 15.3 Å². The Morgan fingerprint density at radius 1 is 1.18 bits per heavy atom. The van der Waals surface area contributed by atoms with E-state index in [9.17, 15) is 0 Å². The average Bonchev–Trinajstić information content (AvgIpc) is 3.01. The lowest BCUT2D eigenvalue weighted by Crippen LogP contribution is -2.38. The van der Waals surface area contributed by atoms with Crippen LogP contribution in [0.4, 0.5) is 0 Å². The Morgan fingerprint density at radius 2 is 2.00 bits per heavy atom. The van der Waals surface area contributed by atoms with Crippen LogP contribution in [0.25, 0.3) is 10.7 Å². The fourth-order valence-electron chi connectivity index (χ4n) is 2.38. The first-order valence-corrected chi connectivity index (χ1v) is 7.74. The van der Waals surface area contributed by atoms with Gasteiger partial charge in [-0.1, -0.05) is 19.3 Å². The molecule has 17 heavy (non-hydrogen) atoms. The van der Waals surface area contributed by atoms with Crippen LogP contribution in [0.2, 0.25) is 0 Å². The van der Waals surface area contributed by atoms with E-state index in [0.29, 0.717) is 0 Å². The quantitative estimate of drug-likeness (QED) is 0.905. The molecule has 1 aliphatic rings. The van der Waals surface area contributed by atoms with Crippen molar-refractivity contribution >= 4 is 22.7 Å². The largest absolute Gasteiger partial charge is 0.320 e. The zero-order valence-electron chi connectivity index (χ0n) is 9.56. The molecular formula is C12H15N3S2. The van der Waals surface area contributed by atoms with Gasteiger partial charge in [0.05, 0.1) is 16.7 Å². The van der Waals surface area contributed by atoms with Crippen molar-refractivity contribution in [3.05, 3.63) is 22.0 Å². The van der Waals surface area contributed by atoms with E-state index in [1.165, 1.54) is 19.3 Å². The third kappa shape index (κ3) is 2.14. The Bertz CT molecular complexity index is 484. The van der Waals surface area contributed by atoms with Crippen molar-refractivity contribution in [2.24, 2.45) is 5.73 Å². The molecule has 2 aromatic rings. The number of hydrogen-bond acceptors (Lipinski definition) is 5. The van der Waals surface area contributed by atoms with Crippen molar-refractivity contribution in [3.63, 3.8) is 0 Å². The summed E-state index contributed by atoms with van der Waals surface area (Å²) < 4.78 is 0. The normalized spacial score (nSPS) is 19.4. The second-order valence-corrected chi connectivity index (χ2v) is 6.21. The molecule has 0 saturated heterocycles. The predicted octanol–water partition coefficient (Wildman–Crippen LogP) is 3.38. The van der Waals surface area contributed by atoms with Gasteiger partial charge in [-0.2, -0.15) is 0 Å². The number of nitrogens with two attached hydrogens (primary N) is 1. The van der Waals surface area contributed by atoms with E-state index in [0.717, 1.165) is 29.2 Å². The first-order valence-electron chi connectivity index (χ1n) is 5.91. The van der Waals surface area contributed by atoms with E-state index < -0.39 is 0 Å². The fraction of sp³-hybridized carbons (Fsp3) is 0.500. The maximum atomic E-state index is 6.47. The lowest BCUT2D eigenvalue weighted by molar-refractivity contribution is 0.296. The van der Waals surface area contributed by atoms with Crippen LogP contribution in [0.3, 0.4) is 0 Å². The summed E-state index contributed by atoms with van der Waals surface area (Å²) in [4.78, 5) is 8.98. The summed E-state index contributed by atoms with van der Waals surface area (Å²) in [6, 6.07) is 0. The number of nitrogens with zero attached hydrogens (tertiary/aromatic N) is 2. The minimum absolute atomic E-state index is 0.191. The molecule has 2 heterocycles. The molecular weight excluding hydrogens is 250 g/mol. The molecule has 0 radical (unpaired) electrons. The van der Waals surface area contributed by atoms with Gasteiger partial charge < -0.3 is 5.73 Å². The van der Waals surface area contributed by atoms with Gasteiger partial charge in [0.1, 0.15) is 10.7 Å². The summed E-state index contributed by atoms with van der Waals surface area (Å²) in [6.45, 7) is 0. The Labute approximate surface area is 109 Å². The van der Waals surface area contributed by atoms with E-state index in [1.54, 1.807) is 22.7 Å². The Hall–Kier alpha value is -0.780. The van der Waals surface area contributed by atoms with Gasteiger partial charge in [0.15, 0.2) is 0 Å². The van der Waals surface area contributed by atoms with E-state index >= 15 is 0 Å². The minimum Gasteiger partial charge on any atom is -0.320 e. The van der Waals surface area contributed by atoms with Gasteiger partial charge in [-0.3, -0.25) is 0 Å². The van der Waals surface area contributed by atoms with Crippen LogP contribution in [0, 0.1) is 0 Å². The molecule has 0 spiro atoms. The van der Waals surface area contributed by atoms with Crippen LogP contribution in [0.5, 0.6) is 0 Å². The summed E-state index contributed by atoms with van der Waals surface area (Å²) in [5, 5.41) is 5.14. The highest BCUT2D eigenvalue weighted by Crippen LogP contribution is 2.36. The Morgan fingerprint density at radius 3 is 2.71 bits per heavy atom. The summed E-state index contributed by atoms with van der Waals surface area (Å²) in [5.74, 6) is 0. The molecule has 2 N–H and O–H groups in total. The molecule has 90 valence electrons. The number of hydrogen-bond donors (Lipinski definition) is 1. The summed E-state index contributed by atoms with van der Waals surface area (Å²) in [5.41, 5.74) is 10.2. The molecule has 5 heteroatoms. The van der Waals surface area contributed by atoms with Crippen LogP contribution in [0.15, 0.2) is 16.3 Å². The van der Waals surface area contributed by atoms with Crippen LogP contribution in [-0.2, 0) is 5.54 Å². The van der Waals surface area contributed by atoms with E-state index in [4.69, 9.17) is 5.73 Å². The maximum absolute atomic E-state index is 6.47. The Balaban J connectivity index is 1.89. The molecule has 3 nitrogen and oxygen atoms in total. The monoisotopic (exact) mass is 265 g/mol. The molecule has 0 aromatic carbocycles. The van der Waals surface area contributed by atoms with Crippen LogP contribution < -0.4 is 5.73 Å². The molecule has 2 aromatic heterocycles. The molecule has 1 aliphatic carbocycles. The van der Waals surface area contributed by atoms with Gasteiger partial charge in [0.2, 0.25) is 0 Å². The van der Waals surface area contributed by atoms with E-state index in [-0.39, 0.29) is 5.54 Å². The molecule has 3 rings (SSSR count). The summed E-state index contributed by atoms with van der Waals surface area (Å²) in [6.07, 6.45) is 5.88. The predicted molar refractivity (Wildman–Crippen MR) is 72.2 cm³/mol. The topological polar surface area (TPSA) is 51.8 Å². The van der Waals surface area contributed by atoms with Gasteiger partial charge >= 0.3 is 0 Å². The summed E-state index contributed by atoms with van der Waals surface area (Å²) >= 11 is 3.26. The number of rotatable bonds is 2. The molecule has 0 bridgehead atoms.